The zero-order chi connectivity index (χ0) is 15.5. The van der Waals surface area contributed by atoms with Crippen LogP contribution in [-0.2, 0) is 4.79 Å². The number of carbonyl (C=O) groups excluding carboxylic acids is 1. The van der Waals surface area contributed by atoms with E-state index in [0.29, 0.717) is 17.8 Å². The summed E-state index contributed by atoms with van der Waals surface area (Å²) >= 11 is 0. The Hall–Kier alpha value is -1.42. The molecule has 120 valence electrons. The van der Waals surface area contributed by atoms with E-state index in [9.17, 15) is 9.18 Å². The number of hydrogen-bond acceptors (Lipinski definition) is 2. The fraction of sp³-hybridized carbons (Fsp3) is 0.611. The Morgan fingerprint density at radius 3 is 2.82 bits per heavy atom. The minimum atomic E-state index is -0.277. The fourth-order valence-corrected chi connectivity index (χ4v) is 3.89. The van der Waals surface area contributed by atoms with E-state index in [0.717, 1.165) is 24.9 Å². The van der Waals surface area contributed by atoms with Gasteiger partial charge in [-0.1, -0.05) is 25.3 Å². The minimum Gasteiger partial charge on any atom is -0.325 e. The molecule has 3 nitrogen and oxygen atoms in total. The number of likely N-dealkylation sites (tertiary alicyclic amines) is 1. The second kappa shape index (κ2) is 6.78. The first-order valence-corrected chi connectivity index (χ1v) is 8.40. The van der Waals surface area contributed by atoms with Gasteiger partial charge in [0.15, 0.2) is 0 Å². The quantitative estimate of drug-likeness (QED) is 0.925. The van der Waals surface area contributed by atoms with Crippen LogP contribution >= 0.6 is 0 Å². The maximum absolute atomic E-state index is 13.5. The van der Waals surface area contributed by atoms with Gasteiger partial charge in [-0.05, 0) is 55.8 Å². The zero-order valence-corrected chi connectivity index (χ0v) is 13.3. The fourth-order valence-electron chi connectivity index (χ4n) is 3.89. The topological polar surface area (TPSA) is 32.3 Å². The first kappa shape index (κ1) is 15.5. The van der Waals surface area contributed by atoms with Crippen LogP contribution in [0, 0.1) is 24.6 Å². The van der Waals surface area contributed by atoms with Crippen molar-refractivity contribution in [1.82, 2.24) is 4.90 Å². The van der Waals surface area contributed by atoms with Crippen molar-refractivity contribution in [3.05, 3.63) is 29.6 Å². The predicted octanol–water partition coefficient (Wildman–Crippen LogP) is 3.58. The Kier molecular flexibility index (Phi) is 4.77. The summed E-state index contributed by atoms with van der Waals surface area (Å²) in [5.41, 5.74) is 1.14. The number of hydrogen-bond donors (Lipinski definition) is 1. The molecule has 1 amide bonds. The van der Waals surface area contributed by atoms with Gasteiger partial charge in [-0.3, -0.25) is 9.69 Å². The van der Waals surface area contributed by atoms with E-state index in [-0.39, 0.29) is 11.7 Å². The largest absolute Gasteiger partial charge is 0.325 e. The summed E-state index contributed by atoms with van der Waals surface area (Å²) in [7, 11) is 0. The van der Waals surface area contributed by atoms with Gasteiger partial charge in [-0.25, -0.2) is 4.39 Å². The van der Waals surface area contributed by atoms with Gasteiger partial charge in [-0.2, -0.15) is 0 Å². The molecule has 1 aliphatic carbocycles. The molecular weight excluding hydrogens is 279 g/mol. The van der Waals surface area contributed by atoms with Crippen LogP contribution in [-0.4, -0.2) is 30.4 Å². The van der Waals surface area contributed by atoms with Crippen molar-refractivity contribution in [2.45, 2.75) is 39.0 Å². The normalized spacial score (nSPS) is 25.5. The molecule has 0 spiro atoms. The lowest BCUT2D eigenvalue weighted by Gasteiger charge is -2.41. The van der Waals surface area contributed by atoms with Crippen molar-refractivity contribution in [3.8, 4) is 0 Å². The highest BCUT2D eigenvalue weighted by Gasteiger charge is 2.31. The van der Waals surface area contributed by atoms with Gasteiger partial charge in [0.25, 0.3) is 0 Å². The van der Waals surface area contributed by atoms with Gasteiger partial charge in [0.1, 0.15) is 5.82 Å². The molecule has 22 heavy (non-hydrogen) atoms. The molecule has 1 aliphatic heterocycles. The van der Waals surface area contributed by atoms with Crippen molar-refractivity contribution < 1.29 is 9.18 Å². The maximum Gasteiger partial charge on any atom is 0.238 e. The van der Waals surface area contributed by atoms with Crippen molar-refractivity contribution in [1.29, 1.82) is 0 Å². The molecule has 2 atom stereocenters. The molecule has 1 aromatic rings. The standard InChI is InChI=1S/C18H25FN2O/c1-13-6-7-16(10-17(13)19)20-18(22)12-21-9-8-14-4-2-3-5-15(14)11-21/h6-7,10,14-15H,2-5,8-9,11-12H2,1H3,(H,20,22)/t14-,15-/m1/s1. The lowest BCUT2D eigenvalue weighted by atomic mass is 9.75. The third-order valence-corrected chi connectivity index (χ3v) is 5.20. The van der Waals surface area contributed by atoms with E-state index < -0.39 is 0 Å². The first-order chi connectivity index (χ1) is 10.6. The molecule has 2 fully saturated rings. The lowest BCUT2D eigenvalue weighted by Crippen LogP contribution is -2.44. The molecule has 1 saturated heterocycles. The number of piperidine rings is 1. The van der Waals surface area contributed by atoms with Gasteiger partial charge in [0.2, 0.25) is 5.91 Å². The highest BCUT2D eigenvalue weighted by molar-refractivity contribution is 5.92. The van der Waals surface area contributed by atoms with Gasteiger partial charge < -0.3 is 5.32 Å². The van der Waals surface area contributed by atoms with E-state index >= 15 is 0 Å². The van der Waals surface area contributed by atoms with Gasteiger partial charge in [-0.15, -0.1) is 0 Å². The van der Waals surface area contributed by atoms with Crippen molar-refractivity contribution >= 4 is 11.6 Å². The summed E-state index contributed by atoms with van der Waals surface area (Å²) in [5, 5.41) is 2.81. The SMILES string of the molecule is Cc1ccc(NC(=O)CN2CC[C@H]3CCCC[C@@H]3C2)cc1F. The highest BCUT2D eigenvalue weighted by atomic mass is 19.1. The van der Waals surface area contributed by atoms with Crippen molar-refractivity contribution in [3.63, 3.8) is 0 Å². The molecule has 0 radical (unpaired) electrons. The number of fused-ring (bicyclic) bond motifs is 1. The Morgan fingerprint density at radius 2 is 2.05 bits per heavy atom. The van der Waals surface area contributed by atoms with Gasteiger partial charge in [0, 0.05) is 12.2 Å². The summed E-state index contributed by atoms with van der Waals surface area (Å²) in [4.78, 5) is 14.4. The molecule has 4 heteroatoms. The smallest absolute Gasteiger partial charge is 0.238 e. The molecule has 0 aromatic heterocycles. The number of halogens is 1. The number of nitrogens with zero attached hydrogens (tertiary/aromatic N) is 1. The van der Waals surface area contributed by atoms with E-state index in [4.69, 9.17) is 0 Å². The minimum absolute atomic E-state index is 0.0440. The Morgan fingerprint density at radius 1 is 1.27 bits per heavy atom. The molecule has 1 N–H and O–H groups in total. The summed E-state index contributed by atoms with van der Waals surface area (Å²) in [6, 6.07) is 4.84. The number of nitrogens with one attached hydrogen (secondary N) is 1. The highest BCUT2D eigenvalue weighted by Crippen LogP contribution is 2.35. The second-order valence-electron chi connectivity index (χ2n) is 6.84. The number of aryl methyl sites for hydroxylation is 1. The average Bonchev–Trinajstić information content (AvgIpc) is 2.51. The Labute approximate surface area is 131 Å². The molecule has 2 aliphatic rings. The zero-order valence-electron chi connectivity index (χ0n) is 13.3. The van der Waals surface area contributed by atoms with Gasteiger partial charge >= 0.3 is 0 Å². The number of carbonyl (C=O) groups is 1. The molecular formula is C18H25FN2O. The van der Waals surface area contributed by atoms with E-state index in [1.54, 1.807) is 19.1 Å². The van der Waals surface area contributed by atoms with Gasteiger partial charge in [0.05, 0.1) is 6.54 Å². The van der Waals surface area contributed by atoms with Crippen LogP contribution < -0.4 is 5.32 Å². The summed E-state index contributed by atoms with van der Waals surface area (Å²) < 4.78 is 13.5. The molecule has 0 unspecified atom stereocenters. The first-order valence-electron chi connectivity index (χ1n) is 8.40. The summed E-state index contributed by atoms with van der Waals surface area (Å²) in [6.45, 7) is 4.19. The predicted molar refractivity (Wildman–Crippen MR) is 86.3 cm³/mol. The van der Waals surface area contributed by atoms with Crippen LogP contribution in [0.5, 0.6) is 0 Å². The molecule has 1 heterocycles. The van der Waals surface area contributed by atoms with Crippen LogP contribution in [0.25, 0.3) is 0 Å². The maximum atomic E-state index is 13.5. The van der Waals surface area contributed by atoms with Crippen LogP contribution in [0.1, 0.15) is 37.7 Å². The van der Waals surface area contributed by atoms with Crippen molar-refractivity contribution in [2.24, 2.45) is 11.8 Å². The number of anilines is 1. The summed E-state index contributed by atoms with van der Waals surface area (Å²) in [6.07, 6.45) is 6.61. The second-order valence-corrected chi connectivity index (χ2v) is 6.84. The monoisotopic (exact) mass is 304 g/mol. The van der Waals surface area contributed by atoms with Crippen LogP contribution in [0.15, 0.2) is 18.2 Å². The molecule has 0 bridgehead atoms. The van der Waals surface area contributed by atoms with Crippen LogP contribution in [0.2, 0.25) is 0 Å². The molecule has 1 aromatic carbocycles. The van der Waals surface area contributed by atoms with Crippen LogP contribution in [0.4, 0.5) is 10.1 Å². The van der Waals surface area contributed by atoms with Crippen molar-refractivity contribution in [2.75, 3.05) is 25.0 Å². The van der Waals surface area contributed by atoms with E-state index in [1.165, 1.54) is 38.2 Å². The Bertz CT molecular complexity index is 546. The third-order valence-electron chi connectivity index (χ3n) is 5.20. The lowest BCUT2D eigenvalue weighted by molar-refractivity contribution is -0.118. The number of benzene rings is 1. The average molecular weight is 304 g/mol. The molecule has 3 rings (SSSR count). The number of amides is 1. The number of rotatable bonds is 3. The van der Waals surface area contributed by atoms with E-state index in [1.807, 2.05) is 0 Å². The third kappa shape index (κ3) is 3.67. The van der Waals surface area contributed by atoms with E-state index in [2.05, 4.69) is 10.2 Å². The Balaban J connectivity index is 1.52. The van der Waals surface area contributed by atoms with Crippen LogP contribution in [0.3, 0.4) is 0 Å². The molecule has 1 saturated carbocycles. The summed E-state index contributed by atoms with van der Waals surface area (Å²) in [5.74, 6) is 1.32.